The van der Waals surface area contributed by atoms with Gasteiger partial charge in [0, 0.05) is 50.8 Å². The van der Waals surface area contributed by atoms with Crippen LogP contribution in [0.4, 0.5) is 0 Å². The van der Waals surface area contributed by atoms with Crippen molar-refractivity contribution in [3.63, 3.8) is 0 Å². The summed E-state index contributed by atoms with van der Waals surface area (Å²) in [6.07, 6.45) is 7.99. The molecule has 0 bridgehead atoms. The summed E-state index contributed by atoms with van der Waals surface area (Å²) in [6, 6.07) is 0. The second kappa shape index (κ2) is 9.50. The molecule has 1 aromatic rings. The van der Waals surface area contributed by atoms with Crippen molar-refractivity contribution in [2.45, 2.75) is 51.2 Å². The molecule has 1 aromatic heterocycles. The van der Waals surface area contributed by atoms with Gasteiger partial charge in [0.25, 0.3) is 0 Å². The molecule has 1 atom stereocenters. The molecule has 3 heterocycles. The maximum absolute atomic E-state index is 6.05. The average Bonchev–Trinajstić information content (AvgIpc) is 3.29. The zero-order chi connectivity index (χ0) is 17.5. The van der Waals surface area contributed by atoms with Crippen molar-refractivity contribution >= 4 is 17.3 Å². The molecule has 3 rings (SSSR count). The SMILES string of the molecule is CN=C(NCCc1ncc(C)s1)N1CCC(OCC2CCCO2)CC1. The number of likely N-dealkylation sites (tertiary alicyclic amines) is 1. The fraction of sp³-hybridized carbons (Fsp3) is 0.778. The zero-order valence-corrected chi connectivity index (χ0v) is 16.2. The van der Waals surface area contributed by atoms with Crippen LogP contribution < -0.4 is 5.32 Å². The predicted molar refractivity (Wildman–Crippen MR) is 101 cm³/mol. The molecule has 1 N–H and O–H groups in total. The van der Waals surface area contributed by atoms with Gasteiger partial charge in [-0.15, -0.1) is 11.3 Å². The van der Waals surface area contributed by atoms with Crippen LogP contribution in [0.1, 0.15) is 35.6 Å². The van der Waals surface area contributed by atoms with E-state index in [-0.39, 0.29) is 0 Å². The summed E-state index contributed by atoms with van der Waals surface area (Å²) in [5.41, 5.74) is 0. The molecule has 1 unspecified atom stereocenters. The first-order valence-corrected chi connectivity index (χ1v) is 10.2. The first-order valence-electron chi connectivity index (χ1n) is 9.34. The summed E-state index contributed by atoms with van der Waals surface area (Å²) in [6.45, 7) is 6.60. The lowest BCUT2D eigenvalue weighted by atomic mass is 10.1. The number of aryl methyl sites for hydroxylation is 1. The lowest BCUT2D eigenvalue weighted by Crippen LogP contribution is -2.47. The highest BCUT2D eigenvalue weighted by molar-refractivity contribution is 7.11. The second-order valence-electron chi connectivity index (χ2n) is 6.74. The van der Waals surface area contributed by atoms with E-state index in [9.17, 15) is 0 Å². The van der Waals surface area contributed by atoms with Gasteiger partial charge in [-0.05, 0) is 32.6 Å². The molecular weight excluding hydrogens is 336 g/mol. The normalized spacial score (nSPS) is 22.6. The Morgan fingerprint density at radius 2 is 2.28 bits per heavy atom. The number of guanidine groups is 1. The molecule has 2 aliphatic rings. The fourth-order valence-corrected chi connectivity index (χ4v) is 4.17. The summed E-state index contributed by atoms with van der Waals surface area (Å²) >= 11 is 1.77. The Bertz CT molecular complexity index is 549. The second-order valence-corrected chi connectivity index (χ2v) is 8.06. The van der Waals surface area contributed by atoms with E-state index in [1.54, 1.807) is 11.3 Å². The molecular formula is C18H30N4O2S. The van der Waals surface area contributed by atoms with E-state index in [0.717, 1.165) is 64.5 Å². The van der Waals surface area contributed by atoms with Crippen LogP contribution in [0.25, 0.3) is 0 Å². The molecule has 6 nitrogen and oxygen atoms in total. The molecule has 2 fully saturated rings. The number of nitrogens with zero attached hydrogens (tertiary/aromatic N) is 3. The molecule has 0 saturated carbocycles. The van der Waals surface area contributed by atoms with Crippen LogP contribution in [0.5, 0.6) is 0 Å². The largest absolute Gasteiger partial charge is 0.376 e. The molecule has 2 saturated heterocycles. The van der Waals surface area contributed by atoms with E-state index in [4.69, 9.17) is 9.47 Å². The van der Waals surface area contributed by atoms with Crippen molar-refractivity contribution < 1.29 is 9.47 Å². The Hall–Kier alpha value is -1.18. The zero-order valence-electron chi connectivity index (χ0n) is 15.4. The van der Waals surface area contributed by atoms with Gasteiger partial charge in [0.05, 0.1) is 23.8 Å². The van der Waals surface area contributed by atoms with E-state index < -0.39 is 0 Å². The molecule has 0 aliphatic carbocycles. The van der Waals surface area contributed by atoms with Crippen LogP contribution in [0.2, 0.25) is 0 Å². The predicted octanol–water partition coefficient (Wildman–Crippen LogP) is 2.23. The van der Waals surface area contributed by atoms with Crippen LogP contribution in [0, 0.1) is 6.92 Å². The number of ether oxygens (including phenoxy) is 2. The molecule has 7 heteroatoms. The van der Waals surface area contributed by atoms with E-state index in [1.165, 1.54) is 16.3 Å². The Morgan fingerprint density at radius 3 is 2.92 bits per heavy atom. The third-order valence-electron chi connectivity index (χ3n) is 4.79. The monoisotopic (exact) mass is 366 g/mol. The summed E-state index contributed by atoms with van der Waals surface area (Å²) in [5, 5.41) is 4.65. The van der Waals surface area contributed by atoms with E-state index >= 15 is 0 Å². The molecule has 0 amide bonds. The number of thiazole rings is 1. The van der Waals surface area contributed by atoms with Crippen molar-refractivity contribution in [2.75, 3.05) is 39.9 Å². The first kappa shape index (κ1) is 18.6. The van der Waals surface area contributed by atoms with Crippen molar-refractivity contribution in [2.24, 2.45) is 4.99 Å². The first-order chi connectivity index (χ1) is 12.2. The minimum absolute atomic E-state index is 0.321. The summed E-state index contributed by atoms with van der Waals surface area (Å²) < 4.78 is 11.7. The third-order valence-corrected chi connectivity index (χ3v) is 5.76. The van der Waals surface area contributed by atoms with Gasteiger partial charge >= 0.3 is 0 Å². The standard InChI is InChI=1S/C18H30N4O2S/c1-14-12-21-17(25-14)5-8-20-18(19-2)22-9-6-15(7-10-22)24-13-16-4-3-11-23-16/h12,15-16H,3-11,13H2,1-2H3,(H,19,20). The number of rotatable bonds is 6. The van der Waals surface area contributed by atoms with Gasteiger partial charge < -0.3 is 19.7 Å². The van der Waals surface area contributed by atoms with Gasteiger partial charge in [-0.25, -0.2) is 4.98 Å². The van der Waals surface area contributed by atoms with E-state index in [0.29, 0.717) is 12.2 Å². The quantitative estimate of drug-likeness (QED) is 0.618. The van der Waals surface area contributed by atoms with Gasteiger partial charge in [-0.1, -0.05) is 0 Å². The van der Waals surface area contributed by atoms with Crippen molar-refractivity contribution in [1.29, 1.82) is 0 Å². The lowest BCUT2D eigenvalue weighted by molar-refractivity contribution is -0.0367. The summed E-state index contributed by atoms with van der Waals surface area (Å²) in [7, 11) is 1.86. The third kappa shape index (κ3) is 5.66. The van der Waals surface area contributed by atoms with Gasteiger partial charge in [0.15, 0.2) is 5.96 Å². The number of piperidine rings is 1. The van der Waals surface area contributed by atoms with Gasteiger partial charge in [0.2, 0.25) is 0 Å². The smallest absolute Gasteiger partial charge is 0.193 e. The van der Waals surface area contributed by atoms with Gasteiger partial charge in [-0.3, -0.25) is 4.99 Å². The number of aromatic nitrogens is 1. The van der Waals surface area contributed by atoms with Crippen LogP contribution in [0.3, 0.4) is 0 Å². The summed E-state index contributed by atoms with van der Waals surface area (Å²) in [5.74, 6) is 0.992. The Kier molecular flexibility index (Phi) is 7.07. The van der Waals surface area contributed by atoms with E-state index in [2.05, 4.69) is 27.1 Å². The fourth-order valence-electron chi connectivity index (χ4n) is 3.38. The van der Waals surface area contributed by atoms with Crippen LogP contribution in [0.15, 0.2) is 11.2 Å². The van der Waals surface area contributed by atoms with Crippen molar-refractivity contribution in [3.8, 4) is 0 Å². The molecule has 140 valence electrons. The minimum Gasteiger partial charge on any atom is -0.376 e. The van der Waals surface area contributed by atoms with Crippen LogP contribution in [-0.4, -0.2) is 67.9 Å². The molecule has 25 heavy (non-hydrogen) atoms. The van der Waals surface area contributed by atoms with Crippen molar-refractivity contribution in [3.05, 3.63) is 16.1 Å². The average molecular weight is 367 g/mol. The Balaban J connectivity index is 1.35. The lowest BCUT2D eigenvalue weighted by Gasteiger charge is -2.34. The highest BCUT2D eigenvalue weighted by Gasteiger charge is 2.24. The number of nitrogens with one attached hydrogen (secondary N) is 1. The number of hydrogen-bond acceptors (Lipinski definition) is 5. The maximum Gasteiger partial charge on any atom is 0.193 e. The highest BCUT2D eigenvalue weighted by Crippen LogP contribution is 2.18. The number of aliphatic imine (C=N–C) groups is 1. The number of hydrogen-bond donors (Lipinski definition) is 1. The minimum atomic E-state index is 0.321. The molecule has 0 spiro atoms. The molecule has 0 radical (unpaired) electrons. The van der Waals surface area contributed by atoms with Gasteiger partial charge in [0.1, 0.15) is 0 Å². The van der Waals surface area contributed by atoms with Crippen LogP contribution >= 0.6 is 11.3 Å². The van der Waals surface area contributed by atoms with E-state index in [1.807, 2.05) is 13.2 Å². The molecule has 2 aliphatic heterocycles. The van der Waals surface area contributed by atoms with Crippen molar-refractivity contribution in [1.82, 2.24) is 15.2 Å². The summed E-state index contributed by atoms with van der Waals surface area (Å²) in [4.78, 5) is 12.4. The molecule has 0 aromatic carbocycles. The topological polar surface area (TPSA) is 59.0 Å². The van der Waals surface area contributed by atoms with Gasteiger partial charge in [-0.2, -0.15) is 0 Å². The Labute approximate surface area is 154 Å². The maximum atomic E-state index is 6.05. The Morgan fingerprint density at radius 1 is 1.44 bits per heavy atom. The highest BCUT2D eigenvalue weighted by atomic mass is 32.1. The van der Waals surface area contributed by atoms with Crippen LogP contribution in [-0.2, 0) is 15.9 Å².